The number of carbonyl (C=O) groups is 3. The molecule has 0 unspecified atom stereocenters. The summed E-state index contributed by atoms with van der Waals surface area (Å²) in [5.41, 5.74) is -0.670. The van der Waals surface area contributed by atoms with Crippen LogP contribution in [0.2, 0.25) is 0 Å². The molecule has 150 valence electrons. The van der Waals surface area contributed by atoms with Crippen molar-refractivity contribution in [3.05, 3.63) is 18.5 Å². The van der Waals surface area contributed by atoms with Crippen LogP contribution in [-0.2, 0) is 9.59 Å². The molecule has 1 aromatic heterocycles. The van der Waals surface area contributed by atoms with Crippen LogP contribution in [0.3, 0.4) is 0 Å². The molecule has 28 heavy (non-hydrogen) atoms. The van der Waals surface area contributed by atoms with Gasteiger partial charge in [-0.2, -0.15) is 0 Å². The lowest BCUT2D eigenvalue weighted by Crippen LogP contribution is -2.49. The van der Waals surface area contributed by atoms with Crippen LogP contribution in [0.1, 0.15) is 38.5 Å². The number of aromatic nitrogens is 2. The second-order valence-corrected chi connectivity index (χ2v) is 7.70. The van der Waals surface area contributed by atoms with Crippen LogP contribution in [0.5, 0.6) is 0 Å². The minimum atomic E-state index is -0.670. The Hall–Kier alpha value is -2.71. The highest BCUT2D eigenvalue weighted by molar-refractivity contribution is 6.07. The minimum absolute atomic E-state index is 0.0660. The van der Waals surface area contributed by atoms with E-state index in [0.29, 0.717) is 51.5 Å². The monoisotopic (exact) mass is 386 g/mol. The van der Waals surface area contributed by atoms with E-state index in [9.17, 15) is 14.4 Å². The second-order valence-electron chi connectivity index (χ2n) is 7.70. The number of carbonyl (C=O) groups excluding carboxylic acids is 3. The highest BCUT2D eigenvalue weighted by atomic mass is 16.2. The minimum Gasteiger partial charge on any atom is -0.339 e. The van der Waals surface area contributed by atoms with Crippen LogP contribution in [0.4, 0.5) is 10.7 Å². The quantitative estimate of drug-likeness (QED) is 0.751. The van der Waals surface area contributed by atoms with Gasteiger partial charge < -0.3 is 15.1 Å². The van der Waals surface area contributed by atoms with Crippen LogP contribution in [0, 0.1) is 0 Å². The smallest absolute Gasteiger partial charge is 0.325 e. The van der Waals surface area contributed by atoms with Gasteiger partial charge in [0.15, 0.2) is 0 Å². The highest BCUT2D eigenvalue weighted by Gasteiger charge is 2.52. The van der Waals surface area contributed by atoms with E-state index in [4.69, 9.17) is 0 Å². The van der Waals surface area contributed by atoms with Crippen LogP contribution in [0.15, 0.2) is 18.5 Å². The van der Waals surface area contributed by atoms with Crippen molar-refractivity contribution in [2.45, 2.75) is 44.1 Å². The fraction of sp³-hybridized carbons (Fsp3) is 0.632. The Morgan fingerprint density at radius 1 is 1.07 bits per heavy atom. The van der Waals surface area contributed by atoms with Gasteiger partial charge in [0.05, 0.1) is 0 Å². The lowest BCUT2D eigenvalue weighted by molar-refractivity contribution is -0.133. The van der Waals surface area contributed by atoms with Gasteiger partial charge in [0, 0.05) is 51.5 Å². The molecule has 3 aliphatic rings. The number of rotatable bonds is 5. The molecular weight excluding hydrogens is 360 g/mol. The first kappa shape index (κ1) is 18.6. The first-order valence-corrected chi connectivity index (χ1v) is 10.0. The normalized spacial score (nSPS) is 21.5. The van der Waals surface area contributed by atoms with Crippen molar-refractivity contribution in [1.82, 2.24) is 25.1 Å². The van der Waals surface area contributed by atoms with Crippen molar-refractivity contribution in [3.8, 4) is 0 Å². The Morgan fingerprint density at radius 2 is 1.75 bits per heavy atom. The second kappa shape index (κ2) is 7.73. The van der Waals surface area contributed by atoms with Crippen molar-refractivity contribution in [2.24, 2.45) is 0 Å². The molecule has 9 nitrogen and oxygen atoms in total. The first-order valence-electron chi connectivity index (χ1n) is 10.0. The summed E-state index contributed by atoms with van der Waals surface area (Å²) in [6, 6.07) is 1.47. The van der Waals surface area contributed by atoms with E-state index in [-0.39, 0.29) is 17.8 Å². The number of urea groups is 1. The number of piperazine rings is 1. The third-order valence-electron chi connectivity index (χ3n) is 5.94. The van der Waals surface area contributed by atoms with E-state index in [2.05, 4.69) is 20.2 Å². The van der Waals surface area contributed by atoms with Crippen LogP contribution < -0.4 is 10.2 Å². The average molecular weight is 386 g/mol. The van der Waals surface area contributed by atoms with Crippen LogP contribution in [-0.4, -0.2) is 75.9 Å². The summed E-state index contributed by atoms with van der Waals surface area (Å²) in [4.78, 5) is 51.0. The van der Waals surface area contributed by atoms with Gasteiger partial charge in [-0.25, -0.2) is 14.8 Å². The van der Waals surface area contributed by atoms with E-state index < -0.39 is 5.54 Å². The molecule has 4 amide bonds. The van der Waals surface area contributed by atoms with Crippen molar-refractivity contribution in [1.29, 1.82) is 0 Å². The van der Waals surface area contributed by atoms with Gasteiger partial charge in [-0.15, -0.1) is 0 Å². The Morgan fingerprint density at radius 3 is 2.43 bits per heavy atom. The number of amides is 4. The average Bonchev–Trinajstić information content (AvgIpc) is 3.29. The van der Waals surface area contributed by atoms with Crippen LogP contribution >= 0.6 is 0 Å². The molecule has 0 radical (unpaired) electrons. The molecule has 9 heteroatoms. The summed E-state index contributed by atoms with van der Waals surface area (Å²) < 4.78 is 0. The van der Waals surface area contributed by atoms with E-state index >= 15 is 0 Å². The predicted molar refractivity (Wildman–Crippen MR) is 102 cm³/mol. The molecule has 2 aliphatic heterocycles. The molecule has 1 N–H and O–H groups in total. The third kappa shape index (κ3) is 3.53. The number of nitrogens with one attached hydrogen (secondary N) is 1. The maximum Gasteiger partial charge on any atom is 0.325 e. The number of anilines is 1. The summed E-state index contributed by atoms with van der Waals surface area (Å²) in [5, 5.41) is 2.88. The molecule has 0 bridgehead atoms. The lowest BCUT2D eigenvalue weighted by atomic mass is 9.98. The molecule has 1 saturated carbocycles. The SMILES string of the molecule is O=C(CCCN1C(=O)NC2(CCCC2)C1=O)N1CCN(c2ncccn2)CC1. The van der Waals surface area contributed by atoms with Gasteiger partial charge in [0.25, 0.3) is 5.91 Å². The fourth-order valence-corrected chi connectivity index (χ4v) is 4.35. The molecule has 3 fully saturated rings. The van der Waals surface area contributed by atoms with Gasteiger partial charge in [0.2, 0.25) is 11.9 Å². The van der Waals surface area contributed by atoms with Gasteiger partial charge in [-0.05, 0) is 25.3 Å². The summed E-state index contributed by atoms with van der Waals surface area (Å²) >= 11 is 0. The van der Waals surface area contributed by atoms with Crippen molar-refractivity contribution >= 4 is 23.8 Å². The van der Waals surface area contributed by atoms with Crippen LogP contribution in [0.25, 0.3) is 0 Å². The van der Waals surface area contributed by atoms with Gasteiger partial charge in [-0.3, -0.25) is 14.5 Å². The maximum atomic E-state index is 12.6. The number of imide groups is 1. The van der Waals surface area contributed by atoms with E-state index in [1.807, 2.05) is 4.90 Å². The standard InChI is InChI=1S/C19H26N6O3/c26-15(23-11-13-24(14-12-23)17-20-8-4-9-21-17)5-3-10-25-16(27)19(22-18(25)28)6-1-2-7-19/h4,8-9H,1-3,5-7,10-14H2,(H,22,28). The molecule has 2 saturated heterocycles. The molecule has 1 aromatic rings. The predicted octanol–water partition coefficient (Wildman–Crippen LogP) is 0.770. The van der Waals surface area contributed by atoms with E-state index in [0.717, 1.165) is 25.7 Å². The highest BCUT2D eigenvalue weighted by Crippen LogP contribution is 2.35. The molecule has 1 spiro atoms. The molecule has 1 aliphatic carbocycles. The van der Waals surface area contributed by atoms with Gasteiger partial charge >= 0.3 is 6.03 Å². The van der Waals surface area contributed by atoms with Crippen molar-refractivity contribution in [2.75, 3.05) is 37.6 Å². The summed E-state index contributed by atoms with van der Waals surface area (Å²) in [6.45, 7) is 2.96. The maximum absolute atomic E-state index is 12.6. The van der Waals surface area contributed by atoms with Crippen molar-refractivity contribution < 1.29 is 14.4 Å². The number of nitrogens with zero attached hydrogens (tertiary/aromatic N) is 5. The lowest BCUT2D eigenvalue weighted by Gasteiger charge is -2.34. The molecule has 0 aromatic carbocycles. The molecule has 3 heterocycles. The Kier molecular flexibility index (Phi) is 5.15. The summed E-state index contributed by atoms with van der Waals surface area (Å²) in [7, 11) is 0. The number of hydrogen-bond donors (Lipinski definition) is 1. The van der Waals surface area contributed by atoms with Gasteiger partial charge in [0.1, 0.15) is 5.54 Å². The Labute approximate surface area is 164 Å². The van der Waals surface area contributed by atoms with Crippen molar-refractivity contribution in [3.63, 3.8) is 0 Å². The molecule has 0 atom stereocenters. The summed E-state index contributed by atoms with van der Waals surface area (Å²) in [6.07, 6.45) is 7.65. The summed E-state index contributed by atoms with van der Waals surface area (Å²) in [5.74, 6) is 0.643. The Bertz CT molecular complexity index is 741. The van der Waals surface area contributed by atoms with E-state index in [1.165, 1.54) is 4.90 Å². The Balaban J connectivity index is 1.22. The molecule has 4 rings (SSSR count). The zero-order chi connectivity index (χ0) is 19.6. The first-order chi connectivity index (χ1) is 13.6. The van der Waals surface area contributed by atoms with Gasteiger partial charge in [-0.1, -0.05) is 12.8 Å². The zero-order valence-electron chi connectivity index (χ0n) is 16.0. The number of hydrogen-bond acceptors (Lipinski definition) is 6. The molecular formula is C19H26N6O3. The third-order valence-corrected chi connectivity index (χ3v) is 5.94. The fourth-order valence-electron chi connectivity index (χ4n) is 4.35. The van der Waals surface area contributed by atoms with E-state index in [1.54, 1.807) is 18.5 Å². The largest absolute Gasteiger partial charge is 0.339 e. The topological polar surface area (TPSA) is 98.7 Å². The zero-order valence-corrected chi connectivity index (χ0v) is 16.0.